The summed E-state index contributed by atoms with van der Waals surface area (Å²) in [4.78, 5) is 28.9. The topological polar surface area (TPSA) is 79.3 Å². The molecule has 2 aromatic rings. The number of carboxylic acids is 1. The van der Waals surface area contributed by atoms with Crippen LogP contribution in [-0.2, 0) is 4.74 Å². The Kier molecular flexibility index (Phi) is 11.8. The quantitative estimate of drug-likeness (QED) is 0.270. The first-order valence-electron chi connectivity index (χ1n) is 18.3. The summed E-state index contributed by atoms with van der Waals surface area (Å²) in [6.45, 7) is 14.3. The number of halogens is 1. The number of aromatic carboxylic acids is 1. The molecule has 2 aromatic carbocycles. The van der Waals surface area contributed by atoms with Gasteiger partial charge in [0.2, 0.25) is 0 Å². The number of nitrogens with zero attached hydrogens (tertiary/aromatic N) is 2. The minimum atomic E-state index is -1.31. The third-order valence-electron chi connectivity index (χ3n) is 10.3. The summed E-state index contributed by atoms with van der Waals surface area (Å²) in [6.07, 6.45) is 15.8. The molecule has 2 aliphatic carbocycles. The molecule has 49 heavy (non-hydrogen) atoms. The van der Waals surface area contributed by atoms with Gasteiger partial charge in [0.1, 0.15) is 23.3 Å². The second-order valence-electron chi connectivity index (χ2n) is 15.5. The van der Waals surface area contributed by atoms with Crippen molar-refractivity contribution < 1.29 is 28.6 Å². The van der Waals surface area contributed by atoms with Crippen LogP contribution in [0.3, 0.4) is 0 Å². The van der Waals surface area contributed by atoms with Crippen LogP contribution in [0.5, 0.6) is 5.75 Å². The van der Waals surface area contributed by atoms with Crippen molar-refractivity contribution in [2.75, 3.05) is 24.5 Å². The van der Waals surface area contributed by atoms with Crippen molar-refractivity contribution in [3.05, 3.63) is 71.2 Å². The largest absolute Gasteiger partial charge is 0.490 e. The third kappa shape index (κ3) is 9.25. The first-order valence-corrected chi connectivity index (χ1v) is 18.3. The maximum Gasteiger partial charge on any atom is 0.410 e. The van der Waals surface area contributed by atoms with Gasteiger partial charge in [-0.25, -0.2) is 14.0 Å². The van der Waals surface area contributed by atoms with Crippen molar-refractivity contribution in [1.29, 1.82) is 0 Å². The van der Waals surface area contributed by atoms with Crippen molar-refractivity contribution in [2.24, 2.45) is 17.8 Å². The Bertz CT molecular complexity index is 1540. The van der Waals surface area contributed by atoms with E-state index in [4.69, 9.17) is 9.47 Å². The molecule has 8 heteroatoms. The van der Waals surface area contributed by atoms with Gasteiger partial charge in [-0.05, 0) is 93.7 Å². The molecule has 0 radical (unpaired) electrons. The average molecular weight is 675 g/mol. The Balaban J connectivity index is 1.53. The average Bonchev–Trinajstić information content (AvgIpc) is 3.06. The van der Waals surface area contributed by atoms with E-state index in [9.17, 15) is 19.1 Å². The second-order valence-corrected chi connectivity index (χ2v) is 15.5. The molecule has 1 N–H and O–H groups in total. The number of carbonyl (C=O) groups is 2. The van der Waals surface area contributed by atoms with Crippen LogP contribution in [0.4, 0.5) is 14.9 Å². The summed E-state index contributed by atoms with van der Waals surface area (Å²) in [7, 11) is 0. The zero-order chi connectivity index (χ0) is 35.3. The second kappa shape index (κ2) is 15.8. The molecule has 1 aliphatic heterocycles. The molecular formula is C41H55FN2O5. The van der Waals surface area contributed by atoms with Gasteiger partial charge in [-0.2, -0.15) is 0 Å². The number of amides is 1. The van der Waals surface area contributed by atoms with Gasteiger partial charge >= 0.3 is 12.1 Å². The predicted octanol–water partition coefficient (Wildman–Crippen LogP) is 10.2. The van der Waals surface area contributed by atoms with Crippen LogP contribution >= 0.6 is 0 Å². The lowest BCUT2D eigenvalue weighted by Gasteiger charge is -2.40. The van der Waals surface area contributed by atoms with E-state index in [0.717, 1.165) is 36.2 Å². The Morgan fingerprint density at radius 3 is 2.37 bits per heavy atom. The standard InChI is InChI=1S/C41H55FN2O5/c1-27(2)35(29-13-9-7-10-14-29)26-44(31-15-11-8-12-16-31)37-25-38(48-32-19-21-43(22-20-32)40(47)49-41(4,5)6)33(23-28(37)3)30-17-18-36(42)34(24-30)39(45)46/h8,11,15,17-18,23-25,27,29,32,35H,7,9-10,12-14,16,19-22,26H2,1-6H3,(H,45,46)/t35-/m1/s1. The zero-order valence-corrected chi connectivity index (χ0v) is 30.3. The molecule has 1 saturated heterocycles. The third-order valence-corrected chi connectivity index (χ3v) is 10.3. The molecule has 5 rings (SSSR count). The number of hydrogen-bond acceptors (Lipinski definition) is 5. The highest BCUT2D eigenvalue weighted by Gasteiger charge is 2.32. The number of carboxylic acid groups (broad SMARTS) is 1. The first-order chi connectivity index (χ1) is 23.3. The van der Waals surface area contributed by atoms with Crippen molar-refractivity contribution in [3.8, 4) is 16.9 Å². The number of piperidine rings is 1. The van der Waals surface area contributed by atoms with Crippen molar-refractivity contribution in [3.63, 3.8) is 0 Å². The molecule has 266 valence electrons. The van der Waals surface area contributed by atoms with E-state index in [1.165, 1.54) is 49.9 Å². The van der Waals surface area contributed by atoms with E-state index >= 15 is 0 Å². The number of hydrogen-bond donors (Lipinski definition) is 1. The maximum atomic E-state index is 14.5. The highest BCUT2D eigenvalue weighted by molar-refractivity contribution is 5.90. The van der Waals surface area contributed by atoms with E-state index in [0.29, 0.717) is 55.0 Å². The number of carbonyl (C=O) groups excluding carboxylic acids is 1. The fraction of sp³-hybridized carbons (Fsp3) is 0.561. The summed E-state index contributed by atoms with van der Waals surface area (Å²) in [5, 5.41) is 9.73. The summed E-state index contributed by atoms with van der Waals surface area (Å²) in [5.41, 5.74) is 3.78. The summed E-state index contributed by atoms with van der Waals surface area (Å²) in [5.74, 6) is 0.306. The Morgan fingerprint density at radius 2 is 1.76 bits per heavy atom. The van der Waals surface area contributed by atoms with Crippen LogP contribution < -0.4 is 9.64 Å². The van der Waals surface area contributed by atoms with Crippen molar-refractivity contribution in [2.45, 2.75) is 111 Å². The van der Waals surface area contributed by atoms with Gasteiger partial charge in [0.25, 0.3) is 0 Å². The molecule has 0 aromatic heterocycles. The molecule has 7 nitrogen and oxygen atoms in total. The Hall–Kier alpha value is -3.81. The Labute approximate surface area is 292 Å². The van der Waals surface area contributed by atoms with E-state index in [2.05, 4.69) is 56.0 Å². The predicted molar refractivity (Wildman–Crippen MR) is 194 cm³/mol. The SMILES string of the molecule is Cc1cc(-c2ccc(F)c(C(=O)O)c2)c(OC2CCN(C(=O)OC(C)(C)C)CC2)cc1N(C[C@H](C(C)C)C1CCCCC1)C1=CC=CCC1. The number of rotatable bonds is 10. The van der Waals surface area contributed by atoms with Crippen LogP contribution in [0, 0.1) is 30.5 Å². The van der Waals surface area contributed by atoms with E-state index in [-0.39, 0.29) is 17.8 Å². The number of aryl methyl sites for hydroxylation is 1. The molecule has 3 aliphatic rings. The van der Waals surface area contributed by atoms with E-state index in [1.807, 2.05) is 20.8 Å². The van der Waals surface area contributed by atoms with Gasteiger partial charge in [-0.3, -0.25) is 0 Å². The lowest BCUT2D eigenvalue weighted by Crippen LogP contribution is -2.44. The molecular weight excluding hydrogens is 619 g/mol. The molecule has 1 heterocycles. The zero-order valence-electron chi connectivity index (χ0n) is 30.3. The lowest BCUT2D eigenvalue weighted by molar-refractivity contribution is 0.0127. The fourth-order valence-electron chi connectivity index (χ4n) is 7.67. The number of ether oxygens (including phenoxy) is 2. The summed E-state index contributed by atoms with van der Waals surface area (Å²) >= 11 is 0. The van der Waals surface area contributed by atoms with E-state index < -0.39 is 17.4 Å². The number of allylic oxidation sites excluding steroid dienone is 4. The van der Waals surface area contributed by atoms with Crippen LogP contribution in [0.1, 0.15) is 108 Å². The van der Waals surface area contributed by atoms with Crippen LogP contribution in [-0.4, -0.2) is 53.4 Å². The first kappa shape index (κ1) is 36.5. The van der Waals surface area contributed by atoms with Gasteiger partial charge in [-0.1, -0.05) is 64.2 Å². The van der Waals surface area contributed by atoms with Gasteiger partial charge in [-0.15, -0.1) is 0 Å². The molecule has 0 unspecified atom stereocenters. The Morgan fingerprint density at radius 1 is 1.04 bits per heavy atom. The van der Waals surface area contributed by atoms with Crippen LogP contribution in [0.15, 0.2) is 54.3 Å². The molecule has 0 bridgehead atoms. The minimum absolute atomic E-state index is 0.164. The molecule has 0 spiro atoms. The minimum Gasteiger partial charge on any atom is -0.490 e. The molecule has 1 atom stereocenters. The lowest BCUT2D eigenvalue weighted by atomic mass is 9.74. The van der Waals surface area contributed by atoms with E-state index in [1.54, 1.807) is 11.0 Å². The monoisotopic (exact) mass is 674 g/mol. The molecule has 1 amide bonds. The van der Waals surface area contributed by atoms with Crippen LogP contribution in [0.25, 0.3) is 11.1 Å². The summed E-state index contributed by atoms with van der Waals surface area (Å²) < 4.78 is 27.0. The molecule has 2 fully saturated rings. The maximum absolute atomic E-state index is 14.5. The highest BCUT2D eigenvalue weighted by Crippen LogP contribution is 2.42. The fourth-order valence-corrected chi connectivity index (χ4v) is 7.67. The van der Waals surface area contributed by atoms with Gasteiger partial charge < -0.3 is 24.4 Å². The van der Waals surface area contributed by atoms with Crippen LogP contribution in [0.2, 0.25) is 0 Å². The number of likely N-dealkylation sites (tertiary alicyclic amines) is 1. The summed E-state index contributed by atoms with van der Waals surface area (Å²) in [6, 6.07) is 8.42. The highest BCUT2D eigenvalue weighted by atomic mass is 19.1. The van der Waals surface area contributed by atoms with Gasteiger partial charge in [0, 0.05) is 55.5 Å². The normalized spacial score (nSPS) is 18.3. The van der Waals surface area contributed by atoms with Gasteiger partial charge in [0.05, 0.1) is 5.56 Å². The number of benzene rings is 2. The molecule has 1 saturated carbocycles. The van der Waals surface area contributed by atoms with Gasteiger partial charge in [0.15, 0.2) is 0 Å². The smallest absolute Gasteiger partial charge is 0.410 e. The van der Waals surface area contributed by atoms with Crippen molar-refractivity contribution in [1.82, 2.24) is 4.90 Å². The number of anilines is 1. The van der Waals surface area contributed by atoms with Crippen molar-refractivity contribution >= 4 is 17.7 Å².